The molecule has 0 aromatic heterocycles. The number of rotatable bonds is 4. The lowest BCUT2D eigenvalue weighted by Gasteiger charge is -2.23. The molecule has 1 unspecified atom stereocenters. The molecule has 1 atom stereocenters. The van der Waals surface area contributed by atoms with Crippen LogP contribution in [0.2, 0.25) is 0 Å². The van der Waals surface area contributed by atoms with Gasteiger partial charge in [-0.2, -0.15) is 0 Å². The van der Waals surface area contributed by atoms with E-state index in [9.17, 15) is 0 Å². The Kier molecular flexibility index (Phi) is 3.86. The maximum atomic E-state index is 5.66. The Morgan fingerprint density at radius 2 is 2.29 bits per heavy atom. The molecule has 0 fully saturated rings. The van der Waals surface area contributed by atoms with Crippen LogP contribution in [0.1, 0.15) is 18.1 Å². The first kappa shape index (κ1) is 12.2. The van der Waals surface area contributed by atoms with Crippen LogP contribution in [0.15, 0.2) is 12.1 Å². The van der Waals surface area contributed by atoms with E-state index >= 15 is 0 Å². The summed E-state index contributed by atoms with van der Waals surface area (Å²) < 4.78 is 16.2. The van der Waals surface area contributed by atoms with E-state index in [1.165, 1.54) is 5.56 Å². The van der Waals surface area contributed by atoms with E-state index in [1.807, 2.05) is 6.07 Å². The molecule has 2 N–H and O–H groups in total. The van der Waals surface area contributed by atoms with Crippen LogP contribution >= 0.6 is 0 Å². The number of ether oxygens (including phenoxy) is 3. The standard InChI is InChI=1S/C13H19NO3/c1-9(6-14)5-10-3-4-12(15-2)11-7-16-8-17-13(10)11/h3-4,9H,5-8,14H2,1-2H3. The number of fused-ring (bicyclic) bond motifs is 1. The van der Waals surface area contributed by atoms with Crippen LogP contribution in [0.5, 0.6) is 11.5 Å². The van der Waals surface area contributed by atoms with Gasteiger partial charge in [0.05, 0.1) is 19.3 Å². The Balaban J connectivity index is 2.33. The van der Waals surface area contributed by atoms with Crippen molar-refractivity contribution in [2.45, 2.75) is 20.0 Å². The molecule has 94 valence electrons. The Morgan fingerprint density at radius 3 is 3.00 bits per heavy atom. The zero-order chi connectivity index (χ0) is 12.3. The van der Waals surface area contributed by atoms with E-state index in [-0.39, 0.29) is 0 Å². The van der Waals surface area contributed by atoms with Gasteiger partial charge in [0.1, 0.15) is 11.5 Å². The molecule has 0 saturated carbocycles. The highest BCUT2D eigenvalue weighted by molar-refractivity contribution is 5.50. The highest BCUT2D eigenvalue weighted by Crippen LogP contribution is 2.36. The quantitative estimate of drug-likeness (QED) is 0.866. The van der Waals surface area contributed by atoms with Crippen LogP contribution in [0.3, 0.4) is 0 Å². The number of methoxy groups -OCH3 is 1. The highest BCUT2D eigenvalue weighted by atomic mass is 16.7. The average molecular weight is 237 g/mol. The van der Waals surface area contributed by atoms with Gasteiger partial charge < -0.3 is 19.9 Å². The molecule has 0 amide bonds. The molecule has 4 nitrogen and oxygen atoms in total. The minimum atomic E-state index is 0.310. The Labute approximate surface area is 102 Å². The molecule has 0 spiro atoms. The van der Waals surface area contributed by atoms with Crippen molar-refractivity contribution in [1.29, 1.82) is 0 Å². The molecule has 1 heterocycles. The van der Waals surface area contributed by atoms with Gasteiger partial charge in [-0.15, -0.1) is 0 Å². The summed E-state index contributed by atoms with van der Waals surface area (Å²) in [5, 5.41) is 0. The maximum absolute atomic E-state index is 5.66. The number of hydrogen-bond donors (Lipinski definition) is 1. The minimum Gasteiger partial charge on any atom is -0.496 e. The van der Waals surface area contributed by atoms with Gasteiger partial charge >= 0.3 is 0 Å². The summed E-state index contributed by atoms with van der Waals surface area (Å²) in [6, 6.07) is 4.02. The zero-order valence-corrected chi connectivity index (χ0v) is 10.4. The van der Waals surface area contributed by atoms with Gasteiger partial charge in [-0.05, 0) is 30.5 Å². The van der Waals surface area contributed by atoms with Crippen molar-refractivity contribution in [3.05, 3.63) is 23.3 Å². The maximum Gasteiger partial charge on any atom is 0.189 e. The summed E-state index contributed by atoms with van der Waals surface area (Å²) >= 11 is 0. The Bertz CT molecular complexity index is 392. The van der Waals surface area contributed by atoms with Crippen LogP contribution in [-0.2, 0) is 17.8 Å². The van der Waals surface area contributed by atoms with Gasteiger partial charge in [-0.3, -0.25) is 0 Å². The van der Waals surface area contributed by atoms with Crippen molar-refractivity contribution in [3.8, 4) is 11.5 Å². The molecule has 0 saturated heterocycles. The van der Waals surface area contributed by atoms with Crippen molar-refractivity contribution in [2.75, 3.05) is 20.4 Å². The molecule has 1 aliphatic rings. The lowest BCUT2D eigenvalue weighted by Crippen LogP contribution is -2.17. The van der Waals surface area contributed by atoms with Crippen LogP contribution < -0.4 is 15.2 Å². The lowest BCUT2D eigenvalue weighted by molar-refractivity contribution is -0.0182. The van der Waals surface area contributed by atoms with E-state index in [1.54, 1.807) is 7.11 Å². The van der Waals surface area contributed by atoms with Gasteiger partial charge in [-0.25, -0.2) is 0 Å². The molecular formula is C13H19NO3. The van der Waals surface area contributed by atoms with Gasteiger partial charge in [0.25, 0.3) is 0 Å². The Hall–Kier alpha value is -1.26. The van der Waals surface area contributed by atoms with Gasteiger partial charge in [-0.1, -0.05) is 13.0 Å². The first-order valence-corrected chi connectivity index (χ1v) is 5.85. The predicted molar refractivity (Wildman–Crippen MR) is 65.2 cm³/mol. The molecule has 0 bridgehead atoms. The fourth-order valence-electron chi connectivity index (χ4n) is 2.03. The second-order valence-corrected chi connectivity index (χ2v) is 4.39. The van der Waals surface area contributed by atoms with E-state index < -0.39 is 0 Å². The molecular weight excluding hydrogens is 218 g/mol. The van der Waals surface area contributed by atoms with E-state index in [4.69, 9.17) is 19.9 Å². The van der Waals surface area contributed by atoms with Gasteiger partial charge in [0.2, 0.25) is 0 Å². The highest BCUT2D eigenvalue weighted by Gasteiger charge is 2.20. The minimum absolute atomic E-state index is 0.310. The summed E-state index contributed by atoms with van der Waals surface area (Å²) in [4.78, 5) is 0. The third-order valence-electron chi connectivity index (χ3n) is 3.02. The van der Waals surface area contributed by atoms with Gasteiger partial charge in [0, 0.05) is 0 Å². The lowest BCUT2D eigenvalue weighted by atomic mass is 9.97. The fourth-order valence-corrected chi connectivity index (χ4v) is 2.03. The monoisotopic (exact) mass is 237 g/mol. The number of benzene rings is 1. The van der Waals surface area contributed by atoms with Crippen molar-refractivity contribution in [2.24, 2.45) is 11.7 Å². The number of hydrogen-bond acceptors (Lipinski definition) is 4. The SMILES string of the molecule is COc1ccc(CC(C)CN)c2c1COCO2. The second-order valence-electron chi connectivity index (χ2n) is 4.39. The molecule has 1 aliphatic heterocycles. The van der Waals surface area contributed by atoms with E-state index in [0.29, 0.717) is 25.9 Å². The molecule has 1 aromatic carbocycles. The first-order chi connectivity index (χ1) is 8.26. The Morgan fingerprint density at radius 1 is 1.47 bits per heavy atom. The smallest absolute Gasteiger partial charge is 0.189 e. The third kappa shape index (κ3) is 2.53. The average Bonchev–Trinajstić information content (AvgIpc) is 2.39. The molecule has 0 radical (unpaired) electrons. The summed E-state index contributed by atoms with van der Waals surface area (Å²) in [7, 11) is 1.66. The van der Waals surface area contributed by atoms with Crippen molar-refractivity contribution in [1.82, 2.24) is 0 Å². The van der Waals surface area contributed by atoms with Crippen LogP contribution in [-0.4, -0.2) is 20.4 Å². The summed E-state index contributed by atoms with van der Waals surface area (Å²) in [6.07, 6.45) is 0.919. The summed E-state index contributed by atoms with van der Waals surface area (Å²) in [5.74, 6) is 2.18. The van der Waals surface area contributed by atoms with Crippen molar-refractivity contribution in [3.63, 3.8) is 0 Å². The van der Waals surface area contributed by atoms with E-state index in [0.717, 1.165) is 23.5 Å². The van der Waals surface area contributed by atoms with Gasteiger partial charge in [0.15, 0.2) is 6.79 Å². The molecule has 2 rings (SSSR count). The topological polar surface area (TPSA) is 53.7 Å². The summed E-state index contributed by atoms with van der Waals surface area (Å²) in [5.41, 5.74) is 7.84. The third-order valence-corrected chi connectivity index (χ3v) is 3.02. The van der Waals surface area contributed by atoms with Crippen LogP contribution in [0, 0.1) is 5.92 Å². The molecule has 1 aromatic rings. The normalized spacial score (nSPS) is 15.9. The van der Waals surface area contributed by atoms with E-state index in [2.05, 4.69) is 13.0 Å². The van der Waals surface area contributed by atoms with Crippen LogP contribution in [0.25, 0.3) is 0 Å². The molecule has 4 heteroatoms. The van der Waals surface area contributed by atoms with Crippen molar-refractivity contribution < 1.29 is 14.2 Å². The zero-order valence-electron chi connectivity index (χ0n) is 10.4. The second kappa shape index (κ2) is 5.38. The largest absolute Gasteiger partial charge is 0.496 e. The molecule has 17 heavy (non-hydrogen) atoms. The molecule has 0 aliphatic carbocycles. The fraction of sp³-hybridized carbons (Fsp3) is 0.538. The van der Waals surface area contributed by atoms with Crippen molar-refractivity contribution >= 4 is 0 Å². The first-order valence-electron chi connectivity index (χ1n) is 5.85. The number of nitrogens with two attached hydrogens (primary N) is 1. The van der Waals surface area contributed by atoms with Crippen LogP contribution in [0.4, 0.5) is 0 Å². The predicted octanol–water partition coefficient (Wildman–Crippen LogP) is 1.70. The summed E-state index contributed by atoms with van der Waals surface area (Å²) in [6.45, 7) is 3.67.